The number of aliphatic hydroxyl groups is 1. The second kappa shape index (κ2) is 8.05. The van der Waals surface area contributed by atoms with E-state index in [0.29, 0.717) is 13.0 Å². The van der Waals surface area contributed by atoms with Gasteiger partial charge in [-0.25, -0.2) is 8.78 Å². The average molecular weight is 302 g/mol. The van der Waals surface area contributed by atoms with Gasteiger partial charge in [-0.2, -0.15) is 17.4 Å². The molecular weight excluding hydrogens is 282 g/mol. The van der Waals surface area contributed by atoms with Gasteiger partial charge in [-0.05, 0) is 12.8 Å². The minimum atomic E-state index is -3.69. The maximum atomic E-state index is 12.0. The molecule has 1 rings (SSSR count). The van der Waals surface area contributed by atoms with Crippen LogP contribution in [0.2, 0.25) is 0 Å². The molecule has 0 aromatic carbocycles. The maximum absolute atomic E-state index is 12.0. The summed E-state index contributed by atoms with van der Waals surface area (Å²) in [5.74, 6) is 0. The zero-order valence-electron chi connectivity index (χ0n) is 10.6. The van der Waals surface area contributed by atoms with Crippen molar-refractivity contribution >= 4 is 10.2 Å². The molecule has 1 atom stereocenters. The van der Waals surface area contributed by atoms with E-state index >= 15 is 0 Å². The first-order valence-corrected chi connectivity index (χ1v) is 7.64. The first-order chi connectivity index (χ1) is 8.97. The standard InChI is InChI=1S/C10H20F2N2O4S/c11-10(12)8-18-6-4-13-19(16,17)14-5-2-1-3-9(14)7-15/h9-10,13,15H,1-8H2. The van der Waals surface area contributed by atoms with Gasteiger partial charge >= 0.3 is 0 Å². The van der Waals surface area contributed by atoms with E-state index in [1.807, 2.05) is 0 Å². The van der Waals surface area contributed by atoms with Gasteiger partial charge in [0.25, 0.3) is 16.6 Å². The highest BCUT2D eigenvalue weighted by molar-refractivity contribution is 7.87. The van der Waals surface area contributed by atoms with Crippen molar-refractivity contribution in [3.63, 3.8) is 0 Å². The average Bonchev–Trinajstić information content (AvgIpc) is 2.37. The van der Waals surface area contributed by atoms with Crippen molar-refractivity contribution in [3.8, 4) is 0 Å². The van der Waals surface area contributed by atoms with E-state index in [1.165, 1.54) is 4.31 Å². The first-order valence-electron chi connectivity index (χ1n) is 6.20. The maximum Gasteiger partial charge on any atom is 0.279 e. The quantitative estimate of drug-likeness (QED) is 0.616. The Labute approximate surface area is 111 Å². The Morgan fingerprint density at radius 3 is 2.79 bits per heavy atom. The summed E-state index contributed by atoms with van der Waals surface area (Å²) in [6.07, 6.45) is -0.301. The fourth-order valence-corrected chi connectivity index (χ4v) is 3.41. The van der Waals surface area contributed by atoms with Crippen LogP contribution in [0.3, 0.4) is 0 Å². The van der Waals surface area contributed by atoms with Crippen LogP contribution in [0.4, 0.5) is 8.78 Å². The zero-order valence-corrected chi connectivity index (χ0v) is 11.4. The number of aliphatic hydroxyl groups excluding tert-OH is 1. The van der Waals surface area contributed by atoms with E-state index in [2.05, 4.69) is 9.46 Å². The molecule has 0 bridgehead atoms. The summed E-state index contributed by atoms with van der Waals surface area (Å²) < 4.78 is 55.6. The van der Waals surface area contributed by atoms with Gasteiger partial charge in [0, 0.05) is 19.1 Å². The molecule has 0 saturated carbocycles. The van der Waals surface area contributed by atoms with Gasteiger partial charge in [-0.1, -0.05) is 6.42 Å². The zero-order chi connectivity index (χ0) is 14.3. The fraction of sp³-hybridized carbons (Fsp3) is 1.00. The summed E-state index contributed by atoms with van der Waals surface area (Å²) in [6.45, 7) is -0.739. The molecule has 0 amide bonds. The van der Waals surface area contributed by atoms with Crippen LogP contribution in [0.1, 0.15) is 19.3 Å². The third-order valence-corrected chi connectivity index (χ3v) is 4.53. The number of rotatable bonds is 8. The topological polar surface area (TPSA) is 78.9 Å². The number of piperidine rings is 1. The Bertz CT molecular complexity index is 353. The molecule has 1 aliphatic rings. The predicted octanol–water partition coefficient (Wildman–Crippen LogP) is -0.0507. The summed E-state index contributed by atoms with van der Waals surface area (Å²) in [7, 11) is -3.69. The third kappa shape index (κ3) is 5.65. The highest BCUT2D eigenvalue weighted by Crippen LogP contribution is 2.19. The van der Waals surface area contributed by atoms with Crippen molar-refractivity contribution in [2.45, 2.75) is 31.7 Å². The van der Waals surface area contributed by atoms with Crippen LogP contribution in [-0.4, -0.2) is 63.2 Å². The van der Waals surface area contributed by atoms with Crippen LogP contribution in [0.15, 0.2) is 0 Å². The monoisotopic (exact) mass is 302 g/mol. The predicted molar refractivity (Wildman–Crippen MR) is 65.2 cm³/mol. The van der Waals surface area contributed by atoms with Gasteiger partial charge in [0.1, 0.15) is 6.61 Å². The van der Waals surface area contributed by atoms with E-state index < -0.39 is 29.3 Å². The SMILES string of the molecule is O=S(=O)(NCCOCC(F)F)N1CCCCC1CO. The summed E-state index contributed by atoms with van der Waals surface area (Å²) >= 11 is 0. The normalized spacial score (nSPS) is 22.0. The molecule has 1 heterocycles. The molecule has 1 aliphatic heterocycles. The van der Waals surface area contributed by atoms with Gasteiger partial charge in [0.15, 0.2) is 0 Å². The van der Waals surface area contributed by atoms with Crippen LogP contribution in [0.25, 0.3) is 0 Å². The second-order valence-corrected chi connectivity index (χ2v) is 6.02. The summed E-state index contributed by atoms with van der Waals surface area (Å²) in [5.41, 5.74) is 0. The highest BCUT2D eigenvalue weighted by atomic mass is 32.2. The molecule has 0 radical (unpaired) electrons. The van der Waals surface area contributed by atoms with E-state index in [0.717, 1.165) is 12.8 Å². The number of nitrogens with one attached hydrogen (secondary N) is 1. The van der Waals surface area contributed by atoms with E-state index in [1.54, 1.807) is 0 Å². The number of halogens is 2. The van der Waals surface area contributed by atoms with Crippen molar-refractivity contribution in [2.24, 2.45) is 0 Å². The lowest BCUT2D eigenvalue weighted by Crippen LogP contribution is -2.50. The lowest BCUT2D eigenvalue weighted by molar-refractivity contribution is 0.0197. The number of alkyl halides is 2. The van der Waals surface area contributed by atoms with Crippen LogP contribution in [0, 0.1) is 0 Å². The van der Waals surface area contributed by atoms with Crippen LogP contribution in [0.5, 0.6) is 0 Å². The molecule has 6 nitrogen and oxygen atoms in total. The minimum absolute atomic E-state index is 0.0658. The van der Waals surface area contributed by atoms with Crippen LogP contribution < -0.4 is 4.72 Å². The number of hydrogen-bond donors (Lipinski definition) is 2. The van der Waals surface area contributed by atoms with E-state index in [-0.39, 0.29) is 19.8 Å². The second-order valence-electron chi connectivity index (χ2n) is 4.31. The summed E-state index contributed by atoms with van der Waals surface area (Å²) in [6, 6.07) is -0.409. The molecule has 1 unspecified atom stereocenters. The van der Waals surface area contributed by atoms with Gasteiger partial charge in [0.05, 0.1) is 13.2 Å². The number of ether oxygens (including phenoxy) is 1. The largest absolute Gasteiger partial charge is 0.395 e. The molecule has 1 fully saturated rings. The lowest BCUT2D eigenvalue weighted by Gasteiger charge is -2.33. The van der Waals surface area contributed by atoms with Crippen molar-refractivity contribution in [3.05, 3.63) is 0 Å². The van der Waals surface area contributed by atoms with Gasteiger partial charge < -0.3 is 9.84 Å². The Morgan fingerprint density at radius 2 is 2.16 bits per heavy atom. The van der Waals surface area contributed by atoms with Crippen molar-refractivity contribution in [1.29, 1.82) is 0 Å². The van der Waals surface area contributed by atoms with Gasteiger partial charge in [-0.15, -0.1) is 0 Å². The summed E-state index contributed by atoms with van der Waals surface area (Å²) in [5, 5.41) is 9.15. The van der Waals surface area contributed by atoms with Crippen molar-refractivity contribution in [1.82, 2.24) is 9.03 Å². The molecule has 0 aliphatic carbocycles. The van der Waals surface area contributed by atoms with Crippen LogP contribution in [-0.2, 0) is 14.9 Å². The molecule has 114 valence electrons. The Kier molecular flexibility index (Phi) is 7.08. The summed E-state index contributed by atoms with van der Waals surface area (Å²) in [4.78, 5) is 0. The minimum Gasteiger partial charge on any atom is -0.395 e. The molecule has 9 heteroatoms. The Balaban J connectivity index is 2.37. The molecule has 2 N–H and O–H groups in total. The van der Waals surface area contributed by atoms with Crippen molar-refractivity contribution < 1.29 is 27.0 Å². The van der Waals surface area contributed by atoms with Gasteiger partial charge in [0.2, 0.25) is 0 Å². The van der Waals surface area contributed by atoms with E-state index in [4.69, 9.17) is 5.11 Å². The van der Waals surface area contributed by atoms with Crippen LogP contribution >= 0.6 is 0 Å². The highest BCUT2D eigenvalue weighted by Gasteiger charge is 2.31. The van der Waals surface area contributed by atoms with E-state index in [9.17, 15) is 17.2 Å². The smallest absolute Gasteiger partial charge is 0.279 e. The number of hydrogen-bond acceptors (Lipinski definition) is 4. The first kappa shape index (κ1) is 16.7. The Morgan fingerprint density at radius 1 is 1.42 bits per heavy atom. The van der Waals surface area contributed by atoms with Crippen molar-refractivity contribution in [2.75, 3.05) is 32.9 Å². The lowest BCUT2D eigenvalue weighted by atomic mass is 10.1. The molecule has 0 aromatic rings. The third-order valence-electron chi connectivity index (χ3n) is 2.87. The number of nitrogens with zero attached hydrogens (tertiary/aromatic N) is 1. The molecule has 1 saturated heterocycles. The van der Waals surface area contributed by atoms with Gasteiger partial charge in [-0.3, -0.25) is 0 Å². The molecule has 0 aromatic heterocycles. The Hall–Kier alpha value is -0.350. The molecule has 0 spiro atoms. The molecular formula is C10H20F2N2O4S. The molecule has 19 heavy (non-hydrogen) atoms. The fourth-order valence-electron chi connectivity index (χ4n) is 1.97.